The summed E-state index contributed by atoms with van der Waals surface area (Å²) < 4.78 is 27.7. The molecule has 0 unspecified atom stereocenters. The van der Waals surface area contributed by atoms with E-state index in [0.717, 1.165) is 12.1 Å². The van der Waals surface area contributed by atoms with Crippen LogP contribution in [0, 0.1) is 11.6 Å². The fourth-order valence-corrected chi connectivity index (χ4v) is 2.12. The number of nitrogens with one attached hydrogen (secondary N) is 2. The lowest BCUT2D eigenvalue weighted by atomic mass is 10.1. The summed E-state index contributed by atoms with van der Waals surface area (Å²) in [6.45, 7) is 0. The quantitative estimate of drug-likeness (QED) is 0.562. The van der Waals surface area contributed by atoms with E-state index in [2.05, 4.69) is 21.2 Å². The number of hydrazine groups is 1. The van der Waals surface area contributed by atoms with Gasteiger partial charge in [0.05, 0.1) is 5.02 Å². The zero-order valence-corrected chi connectivity index (χ0v) is 12.7. The molecule has 8 heteroatoms. The molecule has 110 valence electrons. The summed E-state index contributed by atoms with van der Waals surface area (Å²) in [5, 5.41) is 2.98. The number of hydrogen-bond acceptors (Lipinski definition) is 3. The molecule has 0 aliphatic heterocycles. The monoisotopic (exact) mass is 375 g/mol. The van der Waals surface area contributed by atoms with Gasteiger partial charge in [0, 0.05) is 15.7 Å². The first-order valence-electron chi connectivity index (χ1n) is 5.64. The summed E-state index contributed by atoms with van der Waals surface area (Å²) in [7, 11) is 0. The molecular formula is C13H9BrClF2N3O. The summed E-state index contributed by atoms with van der Waals surface area (Å²) in [6.07, 6.45) is 0. The molecule has 0 spiro atoms. The molecule has 0 heterocycles. The van der Waals surface area contributed by atoms with Gasteiger partial charge >= 0.3 is 0 Å². The highest BCUT2D eigenvalue weighted by atomic mass is 79.9. The van der Waals surface area contributed by atoms with Gasteiger partial charge in [0.2, 0.25) is 0 Å². The zero-order chi connectivity index (χ0) is 15.6. The predicted molar refractivity (Wildman–Crippen MR) is 81.3 cm³/mol. The van der Waals surface area contributed by atoms with E-state index in [1.54, 1.807) is 18.2 Å². The lowest BCUT2D eigenvalue weighted by Crippen LogP contribution is -2.15. The Kier molecular flexibility index (Phi) is 4.76. The highest BCUT2D eigenvalue weighted by Crippen LogP contribution is 2.26. The van der Waals surface area contributed by atoms with Crippen molar-refractivity contribution in [2.45, 2.75) is 0 Å². The summed E-state index contributed by atoms with van der Waals surface area (Å²) in [5.41, 5.74) is 1.65. The largest absolute Gasteiger partial charge is 0.322 e. The fraction of sp³-hybridized carbons (Fsp3) is 0. The van der Waals surface area contributed by atoms with Crippen molar-refractivity contribution in [1.29, 1.82) is 0 Å². The molecule has 0 atom stereocenters. The minimum absolute atomic E-state index is 0.171. The normalized spacial score (nSPS) is 10.3. The third kappa shape index (κ3) is 3.49. The lowest BCUT2D eigenvalue weighted by molar-refractivity contribution is 0.102. The van der Waals surface area contributed by atoms with Crippen LogP contribution in [-0.4, -0.2) is 5.91 Å². The van der Waals surface area contributed by atoms with Crippen molar-refractivity contribution in [3.63, 3.8) is 0 Å². The minimum atomic E-state index is -0.958. The molecule has 4 N–H and O–H groups in total. The van der Waals surface area contributed by atoms with E-state index in [1.165, 1.54) is 0 Å². The smallest absolute Gasteiger partial charge is 0.255 e. The molecule has 0 aliphatic carbocycles. The second-order valence-corrected chi connectivity index (χ2v) is 5.30. The second kappa shape index (κ2) is 6.38. The Hall–Kier alpha value is -1.70. The highest BCUT2D eigenvalue weighted by molar-refractivity contribution is 9.10. The maximum Gasteiger partial charge on any atom is 0.255 e. The molecule has 1 amide bonds. The zero-order valence-electron chi connectivity index (χ0n) is 10.4. The number of carbonyl (C=O) groups is 1. The van der Waals surface area contributed by atoms with Gasteiger partial charge in [0.1, 0.15) is 5.69 Å². The van der Waals surface area contributed by atoms with Gasteiger partial charge in [-0.2, -0.15) is 0 Å². The van der Waals surface area contributed by atoms with E-state index in [4.69, 9.17) is 17.4 Å². The Morgan fingerprint density at radius 1 is 1.19 bits per heavy atom. The first-order chi connectivity index (χ1) is 9.92. The van der Waals surface area contributed by atoms with Crippen molar-refractivity contribution in [2.75, 3.05) is 10.7 Å². The maximum atomic E-state index is 13.5. The molecule has 21 heavy (non-hydrogen) atoms. The van der Waals surface area contributed by atoms with E-state index >= 15 is 0 Å². The maximum absolute atomic E-state index is 13.5. The van der Waals surface area contributed by atoms with Gasteiger partial charge in [-0.25, -0.2) is 8.78 Å². The molecule has 4 nitrogen and oxygen atoms in total. The average molecular weight is 377 g/mol. The lowest BCUT2D eigenvalue weighted by Gasteiger charge is -2.09. The van der Waals surface area contributed by atoms with Crippen molar-refractivity contribution >= 4 is 44.8 Å². The standard InChI is InChI=1S/C13H9BrClF2N3O/c14-8-5-7(1-2-9(8)15)19-13(21)6-3-10(16)12(20-18)11(17)4-6/h1-5,20H,18H2,(H,19,21). The van der Waals surface area contributed by atoms with Gasteiger partial charge in [-0.05, 0) is 46.3 Å². The van der Waals surface area contributed by atoms with Gasteiger partial charge in [0.15, 0.2) is 11.6 Å². The molecule has 0 aliphatic rings. The van der Waals surface area contributed by atoms with Crippen molar-refractivity contribution in [3.8, 4) is 0 Å². The van der Waals surface area contributed by atoms with Crippen molar-refractivity contribution in [1.82, 2.24) is 0 Å². The van der Waals surface area contributed by atoms with Gasteiger partial charge in [0.25, 0.3) is 5.91 Å². The van der Waals surface area contributed by atoms with Crippen LogP contribution in [0.5, 0.6) is 0 Å². The number of carbonyl (C=O) groups excluding carboxylic acids is 1. The number of rotatable bonds is 3. The molecule has 2 aromatic carbocycles. The number of nitrogens with two attached hydrogens (primary N) is 1. The molecule has 0 bridgehead atoms. The van der Waals surface area contributed by atoms with E-state index in [0.29, 0.717) is 15.2 Å². The van der Waals surface area contributed by atoms with Crippen molar-refractivity contribution in [3.05, 3.63) is 57.0 Å². The van der Waals surface area contributed by atoms with Crippen LogP contribution in [0.2, 0.25) is 5.02 Å². The van der Waals surface area contributed by atoms with Gasteiger partial charge < -0.3 is 10.7 Å². The average Bonchev–Trinajstić information content (AvgIpc) is 2.42. The van der Waals surface area contributed by atoms with Crippen LogP contribution in [0.1, 0.15) is 10.4 Å². The first kappa shape index (κ1) is 15.7. The molecule has 0 saturated carbocycles. The number of anilines is 2. The Bertz CT molecular complexity index is 689. The third-order valence-corrected chi connectivity index (χ3v) is 3.84. The Morgan fingerprint density at radius 3 is 2.33 bits per heavy atom. The molecule has 0 radical (unpaired) electrons. The molecular weight excluding hydrogens is 368 g/mol. The van der Waals surface area contributed by atoms with E-state index < -0.39 is 23.2 Å². The summed E-state index contributed by atoms with van der Waals surface area (Å²) >= 11 is 9.04. The second-order valence-electron chi connectivity index (χ2n) is 4.04. The Balaban J connectivity index is 2.26. The predicted octanol–water partition coefficient (Wildman–Crippen LogP) is 3.92. The number of hydrogen-bond donors (Lipinski definition) is 3. The number of benzene rings is 2. The fourth-order valence-electron chi connectivity index (χ4n) is 1.62. The third-order valence-electron chi connectivity index (χ3n) is 2.63. The number of halogens is 4. The van der Waals surface area contributed by atoms with Crippen molar-refractivity contribution in [2.24, 2.45) is 5.84 Å². The summed E-state index contributed by atoms with van der Waals surface area (Å²) in [5.74, 6) is 2.41. The van der Waals surface area contributed by atoms with Gasteiger partial charge in [-0.15, -0.1) is 0 Å². The number of amides is 1. The van der Waals surface area contributed by atoms with Crippen LogP contribution in [0.25, 0.3) is 0 Å². The van der Waals surface area contributed by atoms with Crippen LogP contribution < -0.4 is 16.6 Å². The Morgan fingerprint density at radius 2 is 1.81 bits per heavy atom. The topological polar surface area (TPSA) is 67.1 Å². The minimum Gasteiger partial charge on any atom is -0.322 e. The molecule has 0 aromatic heterocycles. The van der Waals surface area contributed by atoms with Crippen LogP contribution >= 0.6 is 27.5 Å². The van der Waals surface area contributed by atoms with Gasteiger partial charge in [-0.3, -0.25) is 10.6 Å². The van der Waals surface area contributed by atoms with Crippen LogP contribution in [0.3, 0.4) is 0 Å². The summed E-state index contributed by atoms with van der Waals surface area (Å²) in [4.78, 5) is 12.0. The molecule has 2 rings (SSSR count). The highest BCUT2D eigenvalue weighted by Gasteiger charge is 2.15. The SMILES string of the molecule is NNc1c(F)cc(C(=O)Nc2ccc(Cl)c(Br)c2)cc1F. The summed E-state index contributed by atoms with van der Waals surface area (Å²) in [6, 6.07) is 6.48. The van der Waals surface area contributed by atoms with E-state index in [1.807, 2.05) is 5.43 Å². The van der Waals surface area contributed by atoms with E-state index in [9.17, 15) is 13.6 Å². The molecule has 0 fully saturated rings. The molecule has 0 saturated heterocycles. The van der Waals surface area contributed by atoms with Crippen LogP contribution in [0.4, 0.5) is 20.2 Å². The molecule has 2 aromatic rings. The Labute approximate surface area is 132 Å². The van der Waals surface area contributed by atoms with Gasteiger partial charge in [-0.1, -0.05) is 11.6 Å². The van der Waals surface area contributed by atoms with E-state index in [-0.39, 0.29) is 5.56 Å². The van der Waals surface area contributed by atoms with Crippen molar-refractivity contribution < 1.29 is 13.6 Å². The first-order valence-corrected chi connectivity index (χ1v) is 6.81. The van der Waals surface area contributed by atoms with Crippen LogP contribution in [-0.2, 0) is 0 Å². The van der Waals surface area contributed by atoms with Crippen LogP contribution in [0.15, 0.2) is 34.8 Å². The number of nitrogen functional groups attached to an aromatic ring is 1.